The number of likely N-dealkylation sites (tertiary alicyclic amines) is 3. The van der Waals surface area contributed by atoms with Crippen molar-refractivity contribution in [1.82, 2.24) is 14.7 Å². The predicted molar refractivity (Wildman–Crippen MR) is 118 cm³/mol. The van der Waals surface area contributed by atoms with Gasteiger partial charge in [-0.2, -0.15) is 13.2 Å². The summed E-state index contributed by atoms with van der Waals surface area (Å²) < 4.78 is 39.0. The highest BCUT2D eigenvalue weighted by Crippen LogP contribution is 2.41. The van der Waals surface area contributed by atoms with Gasteiger partial charge >= 0.3 is 12.2 Å². The number of halogens is 3. The number of benzene rings is 1. The molecule has 0 radical (unpaired) electrons. The number of nitrogens with zero attached hydrogens (tertiary/aromatic N) is 3. The Morgan fingerprint density at radius 3 is 2.43 bits per heavy atom. The van der Waals surface area contributed by atoms with Crippen LogP contribution in [0.15, 0.2) is 24.3 Å². The third-order valence-corrected chi connectivity index (χ3v) is 7.58. The molecule has 1 saturated carbocycles. The summed E-state index contributed by atoms with van der Waals surface area (Å²) >= 11 is 0. The topological polar surface area (TPSA) is 90.0 Å². The van der Waals surface area contributed by atoms with Gasteiger partial charge in [0.05, 0.1) is 23.6 Å². The zero-order valence-electron chi connectivity index (χ0n) is 19.3. The van der Waals surface area contributed by atoms with Gasteiger partial charge in [-0.05, 0) is 50.3 Å². The zero-order valence-corrected chi connectivity index (χ0v) is 19.3. The van der Waals surface area contributed by atoms with Gasteiger partial charge in [-0.3, -0.25) is 19.3 Å². The van der Waals surface area contributed by atoms with Crippen molar-refractivity contribution in [1.29, 1.82) is 0 Å². The minimum Gasteiger partial charge on any atom is -0.335 e. The zero-order chi connectivity index (χ0) is 25.1. The van der Waals surface area contributed by atoms with Crippen molar-refractivity contribution >= 4 is 29.4 Å². The molecule has 5 amide bonds. The van der Waals surface area contributed by atoms with E-state index in [1.165, 1.54) is 21.9 Å². The van der Waals surface area contributed by atoms with Crippen LogP contribution < -0.4 is 5.32 Å². The number of rotatable bonds is 3. The van der Waals surface area contributed by atoms with E-state index in [0.29, 0.717) is 32.4 Å². The van der Waals surface area contributed by atoms with Crippen LogP contribution in [0.4, 0.5) is 23.7 Å². The van der Waals surface area contributed by atoms with Crippen LogP contribution >= 0.6 is 0 Å². The quantitative estimate of drug-likeness (QED) is 0.657. The number of carbonyl (C=O) groups excluding carboxylic acids is 4. The molecule has 5 rings (SSSR count). The first-order valence-corrected chi connectivity index (χ1v) is 12.0. The van der Waals surface area contributed by atoms with Gasteiger partial charge in [-0.15, -0.1) is 0 Å². The first kappa shape index (κ1) is 23.6. The average molecular weight is 492 g/mol. The molecule has 11 heteroatoms. The lowest BCUT2D eigenvalue weighted by Crippen LogP contribution is -2.52. The van der Waals surface area contributed by atoms with Crippen LogP contribution in [0, 0.1) is 11.8 Å². The van der Waals surface area contributed by atoms with E-state index in [1.54, 1.807) is 11.8 Å². The van der Waals surface area contributed by atoms with Crippen molar-refractivity contribution < 1.29 is 32.3 Å². The van der Waals surface area contributed by atoms with E-state index in [9.17, 15) is 32.3 Å². The van der Waals surface area contributed by atoms with Crippen molar-refractivity contribution in [2.45, 2.75) is 63.3 Å². The Morgan fingerprint density at radius 2 is 1.74 bits per heavy atom. The van der Waals surface area contributed by atoms with Crippen LogP contribution in [0.2, 0.25) is 0 Å². The van der Waals surface area contributed by atoms with Gasteiger partial charge in [0.15, 0.2) is 0 Å². The SMILES string of the molecule is C[C@@H]1C(=O)N(C(=O)C2CC2)[C@H]2CCN(C(=O)[C@@H]3CCCN3C(=O)Nc3cccc(C(F)(F)F)c3)[C@H]12. The molecular weight excluding hydrogens is 465 g/mol. The summed E-state index contributed by atoms with van der Waals surface area (Å²) in [6.45, 7) is 2.42. The minimum absolute atomic E-state index is 0.00611. The molecule has 4 atom stereocenters. The van der Waals surface area contributed by atoms with Crippen molar-refractivity contribution in [2.75, 3.05) is 18.4 Å². The second-order valence-electron chi connectivity index (χ2n) is 9.85. The Kier molecular flexibility index (Phi) is 5.76. The number of nitrogens with one attached hydrogen (secondary N) is 1. The summed E-state index contributed by atoms with van der Waals surface area (Å²) in [6, 6.07) is 2.17. The number of hydrogen-bond donors (Lipinski definition) is 1. The van der Waals surface area contributed by atoms with Crippen LogP contribution in [0.25, 0.3) is 0 Å². The summed E-state index contributed by atoms with van der Waals surface area (Å²) in [5.74, 6) is -1.29. The van der Waals surface area contributed by atoms with Gasteiger partial charge in [0, 0.05) is 24.7 Å². The van der Waals surface area contributed by atoms with Gasteiger partial charge in [0.25, 0.3) is 0 Å². The molecule has 1 N–H and O–H groups in total. The maximum absolute atomic E-state index is 13.6. The molecule has 4 aliphatic rings. The fourth-order valence-electron chi connectivity index (χ4n) is 5.70. The third-order valence-electron chi connectivity index (χ3n) is 7.58. The molecule has 1 aromatic rings. The Bertz CT molecular complexity index is 1070. The smallest absolute Gasteiger partial charge is 0.335 e. The lowest BCUT2D eigenvalue weighted by molar-refractivity contribution is -0.146. The van der Waals surface area contributed by atoms with Crippen LogP contribution in [0.1, 0.15) is 44.6 Å². The first-order valence-electron chi connectivity index (χ1n) is 12.0. The van der Waals surface area contributed by atoms with E-state index in [-0.39, 0.29) is 35.4 Å². The lowest BCUT2D eigenvalue weighted by atomic mass is 10.0. The molecular formula is C24H27F3N4O4. The van der Waals surface area contributed by atoms with E-state index in [1.807, 2.05) is 0 Å². The van der Waals surface area contributed by atoms with Crippen LogP contribution in [0.5, 0.6) is 0 Å². The summed E-state index contributed by atoms with van der Waals surface area (Å²) in [7, 11) is 0. The Hall–Kier alpha value is -3.11. The highest BCUT2D eigenvalue weighted by molar-refractivity contribution is 6.01. The molecule has 35 heavy (non-hydrogen) atoms. The van der Waals surface area contributed by atoms with Gasteiger partial charge in [0.1, 0.15) is 6.04 Å². The number of amides is 5. The van der Waals surface area contributed by atoms with Crippen molar-refractivity contribution in [3.63, 3.8) is 0 Å². The average Bonchev–Trinajstić information content (AvgIpc) is 3.30. The van der Waals surface area contributed by atoms with Crippen molar-refractivity contribution in [3.8, 4) is 0 Å². The molecule has 4 fully saturated rings. The normalized spacial score (nSPS) is 28.5. The van der Waals surface area contributed by atoms with Crippen LogP contribution in [0.3, 0.4) is 0 Å². The number of urea groups is 1. The maximum atomic E-state index is 13.6. The molecule has 1 aromatic carbocycles. The van der Waals surface area contributed by atoms with Gasteiger partial charge in [0.2, 0.25) is 17.7 Å². The number of hydrogen-bond acceptors (Lipinski definition) is 4. The molecule has 3 saturated heterocycles. The largest absolute Gasteiger partial charge is 0.416 e. The fourth-order valence-corrected chi connectivity index (χ4v) is 5.70. The molecule has 3 heterocycles. The number of imide groups is 1. The monoisotopic (exact) mass is 492 g/mol. The summed E-state index contributed by atoms with van der Waals surface area (Å²) in [6.07, 6.45) is -1.45. The van der Waals surface area contributed by atoms with Crippen molar-refractivity contribution in [3.05, 3.63) is 29.8 Å². The number of alkyl halides is 3. The Labute approximate surface area is 200 Å². The standard InChI is InChI=1S/C24H27F3N4O4/c1-13-19-17(31(20(13)32)21(33)14-7-8-14)9-11-30(19)22(34)18-6-3-10-29(18)23(35)28-16-5-2-4-15(12-16)24(25,26)27/h2,4-5,12-14,17-19H,3,6-11H2,1H3,(H,28,35)/t13-,17-,18-,19+/m0/s1. The van der Waals surface area contributed by atoms with Gasteiger partial charge in [-0.1, -0.05) is 13.0 Å². The molecule has 188 valence electrons. The van der Waals surface area contributed by atoms with E-state index >= 15 is 0 Å². The molecule has 0 bridgehead atoms. The Balaban J connectivity index is 1.29. The highest BCUT2D eigenvalue weighted by Gasteiger charge is 2.57. The predicted octanol–water partition coefficient (Wildman–Crippen LogP) is 3.09. The second-order valence-corrected chi connectivity index (χ2v) is 9.85. The molecule has 0 aromatic heterocycles. The van der Waals surface area contributed by atoms with Gasteiger partial charge < -0.3 is 15.1 Å². The molecule has 0 unspecified atom stereocenters. The van der Waals surface area contributed by atoms with E-state index in [2.05, 4.69) is 5.32 Å². The second kappa shape index (κ2) is 8.53. The molecule has 3 aliphatic heterocycles. The third kappa shape index (κ3) is 4.14. The van der Waals surface area contributed by atoms with Crippen LogP contribution in [-0.4, -0.2) is 69.7 Å². The van der Waals surface area contributed by atoms with Crippen molar-refractivity contribution in [2.24, 2.45) is 11.8 Å². The summed E-state index contributed by atoms with van der Waals surface area (Å²) in [5, 5.41) is 2.48. The number of carbonyl (C=O) groups is 4. The first-order chi connectivity index (χ1) is 16.6. The maximum Gasteiger partial charge on any atom is 0.416 e. The molecule has 1 aliphatic carbocycles. The van der Waals surface area contributed by atoms with Crippen LogP contribution in [-0.2, 0) is 20.6 Å². The number of fused-ring (bicyclic) bond motifs is 1. The fraction of sp³-hybridized carbons (Fsp3) is 0.583. The summed E-state index contributed by atoms with van der Waals surface area (Å²) in [5.41, 5.74) is -0.883. The van der Waals surface area contributed by atoms with E-state index in [0.717, 1.165) is 25.0 Å². The lowest BCUT2D eigenvalue weighted by Gasteiger charge is -2.32. The highest BCUT2D eigenvalue weighted by atomic mass is 19.4. The Morgan fingerprint density at radius 1 is 1.00 bits per heavy atom. The van der Waals surface area contributed by atoms with Gasteiger partial charge in [-0.25, -0.2) is 4.79 Å². The molecule has 0 spiro atoms. The number of anilines is 1. The molecule has 8 nitrogen and oxygen atoms in total. The minimum atomic E-state index is -4.54. The summed E-state index contributed by atoms with van der Waals surface area (Å²) in [4.78, 5) is 56.4. The van der Waals surface area contributed by atoms with E-state index < -0.39 is 35.8 Å². The van der Waals surface area contributed by atoms with E-state index in [4.69, 9.17) is 0 Å².